The summed E-state index contributed by atoms with van der Waals surface area (Å²) in [5, 5.41) is 0.625. The Bertz CT molecular complexity index is 1040. The van der Waals surface area contributed by atoms with E-state index in [0.717, 1.165) is 27.5 Å². The first-order valence-electron chi connectivity index (χ1n) is 9.43. The third-order valence-electron chi connectivity index (χ3n) is 5.82. The molecule has 1 aromatic carbocycles. The molecule has 0 aromatic heterocycles. The number of anilines is 1. The number of benzene rings is 1. The summed E-state index contributed by atoms with van der Waals surface area (Å²) in [4.78, 5) is 48.5. The van der Waals surface area contributed by atoms with E-state index in [1.807, 2.05) is 48.8 Å². The van der Waals surface area contributed by atoms with Crippen LogP contribution in [0.25, 0.3) is 0 Å². The Morgan fingerprint density at radius 2 is 1.90 bits per heavy atom. The van der Waals surface area contributed by atoms with Crippen molar-refractivity contribution in [3.63, 3.8) is 0 Å². The van der Waals surface area contributed by atoms with E-state index in [-0.39, 0.29) is 0 Å². The van der Waals surface area contributed by atoms with Gasteiger partial charge in [-0.15, -0.1) is 0 Å². The van der Waals surface area contributed by atoms with Crippen molar-refractivity contribution in [2.24, 2.45) is 4.99 Å². The number of methoxy groups -OCH3 is 1. The Kier molecular flexibility index (Phi) is 4.73. The van der Waals surface area contributed by atoms with Gasteiger partial charge in [-0.25, -0.2) is 9.79 Å². The smallest absolute Gasteiger partial charge is 0.328 e. The normalized spacial score (nSPS) is 23.2. The largest absolute Gasteiger partial charge is 0.468 e. The first-order valence-corrected chi connectivity index (χ1v) is 9.81. The second kappa shape index (κ2) is 7.02. The van der Waals surface area contributed by atoms with Crippen LogP contribution in [0.5, 0.6) is 0 Å². The summed E-state index contributed by atoms with van der Waals surface area (Å²) in [7, 11) is 2.79. The molecule has 9 nitrogen and oxygen atoms in total. The second-order valence-electron chi connectivity index (χ2n) is 7.49. The van der Waals surface area contributed by atoms with Crippen LogP contribution in [0.2, 0.25) is 5.02 Å². The molecular weight excluding hydrogens is 410 g/mol. The summed E-state index contributed by atoms with van der Waals surface area (Å²) in [6, 6.07) is 4.37. The molecule has 0 saturated carbocycles. The topological polar surface area (TPSA) is 85.8 Å². The van der Waals surface area contributed by atoms with E-state index in [4.69, 9.17) is 16.6 Å². The Labute approximate surface area is 179 Å². The van der Waals surface area contributed by atoms with Crippen molar-refractivity contribution >= 4 is 41.2 Å². The van der Waals surface area contributed by atoms with Crippen molar-refractivity contribution in [3.8, 4) is 0 Å². The number of amides is 3. The number of urea groups is 1. The number of imide groups is 1. The molecule has 3 amide bonds. The summed E-state index contributed by atoms with van der Waals surface area (Å²) >= 11 is 6.33. The number of nitrogens with zero attached hydrogens (tertiary/aromatic N) is 5. The summed E-state index contributed by atoms with van der Waals surface area (Å²) < 4.78 is 4.64. The first kappa shape index (κ1) is 20.2. The van der Waals surface area contributed by atoms with Crippen molar-refractivity contribution in [2.45, 2.75) is 33.0 Å². The number of guanidine groups is 1. The molecule has 0 bridgehead atoms. The van der Waals surface area contributed by atoms with E-state index in [9.17, 15) is 14.4 Å². The van der Waals surface area contributed by atoms with Crippen LogP contribution in [0.15, 0.2) is 34.6 Å². The number of fused-ring (bicyclic) bond motifs is 3. The standard InChI is InChI=1S/C20H22ClN5O4/c1-10-6-7-13(8-14(10)21)25-11(2)12(3)26-16-17(22-19(25)26)23(4)20(29)24(18(16)28)9-15(27)30-5/h6-8,16-17H,9H2,1-5H3. The highest BCUT2D eigenvalue weighted by molar-refractivity contribution is 6.31. The Balaban J connectivity index is 1.75. The number of halogens is 1. The number of carbonyl (C=O) groups excluding carboxylic acids is 3. The summed E-state index contributed by atoms with van der Waals surface area (Å²) in [6.07, 6.45) is -0.694. The third kappa shape index (κ3) is 2.76. The van der Waals surface area contributed by atoms with Crippen LogP contribution in [-0.4, -0.2) is 71.5 Å². The van der Waals surface area contributed by atoms with Crippen molar-refractivity contribution in [3.05, 3.63) is 40.2 Å². The lowest BCUT2D eigenvalue weighted by Crippen LogP contribution is -2.65. The Hall–Kier alpha value is -3.07. The molecule has 3 heterocycles. The fourth-order valence-electron chi connectivity index (χ4n) is 3.98. The number of esters is 1. The van der Waals surface area contributed by atoms with Gasteiger partial charge in [0, 0.05) is 23.5 Å². The van der Waals surface area contributed by atoms with Gasteiger partial charge in [0.05, 0.1) is 12.8 Å². The van der Waals surface area contributed by atoms with Crippen LogP contribution >= 0.6 is 11.6 Å². The lowest BCUT2D eigenvalue weighted by molar-refractivity contribution is -0.148. The van der Waals surface area contributed by atoms with E-state index in [2.05, 4.69) is 4.74 Å². The molecule has 158 valence electrons. The van der Waals surface area contributed by atoms with Crippen LogP contribution in [0.1, 0.15) is 19.4 Å². The predicted molar refractivity (Wildman–Crippen MR) is 111 cm³/mol. The highest BCUT2D eigenvalue weighted by Crippen LogP contribution is 2.40. The number of aliphatic imine (C=N–C) groups is 1. The summed E-state index contributed by atoms with van der Waals surface area (Å²) in [5.74, 6) is -0.598. The maximum atomic E-state index is 13.2. The molecule has 1 aromatic rings. The zero-order valence-electron chi connectivity index (χ0n) is 17.3. The predicted octanol–water partition coefficient (Wildman–Crippen LogP) is 2.15. The quantitative estimate of drug-likeness (QED) is 0.682. The molecular formula is C20H22ClN5O4. The van der Waals surface area contributed by atoms with Gasteiger partial charge in [-0.1, -0.05) is 17.7 Å². The SMILES string of the molecule is COC(=O)CN1C(=O)C2C(N=C3N(c4ccc(C)c(Cl)c4)C(C)=C(C)N32)N(C)C1=O. The lowest BCUT2D eigenvalue weighted by Gasteiger charge is -2.40. The van der Waals surface area contributed by atoms with E-state index < -0.39 is 36.7 Å². The zero-order valence-corrected chi connectivity index (χ0v) is 18.1. The van der Waals surface area contributed by atoms with Gasteiger partial charge in [-0.2, -0.15) is 0 Å². The number of aryl methyl sites for hydroxylation is 1. The summed E-state index contributed by atoms with van der Waals surface area (Å²) in [6.45, 7) is 5.32. The maximum absolute atomic E-state index is 13.2. The van der Waals surface area contributed by atoms with E-state index in [1.54, 1.807) is 7.05 Å². The average Bonchev–Trinajstić information content (AvgIpc) is 3.21. The van der Waals surface area contributed by atoms with Gasteiger partial charge in [-0.05, 0) is 38.5 Å². The number of allylic oxidation sites excluding steroid dienone is 2. The number of rotatable bonds is 3. The molecule has 1 saturated heterocycles. The van der Waals surface area contributed by atoms with Crippen LogP contribution in [-0.2, 0) is 14.3 Å². The monoisotopic (exact) mass is 431 g/mol. The Morgan fingerprint density at radius 3 is 2.53 bits per heavy atom. The summed E-state index contributed by atoms with van der Waals surface area (Å²) in [5.41, 5.74) is 3.51. The van der Waals surface area contributed by atoms with Crippen LogP contribution in [0.3, 0.4) is 0 Å². The zero-order chi connectivity index (χ0) is 21.9. The molecule has 10 heteroatoms. The number of ether oxygens (including phenoxy) is 1. The van der Waals surface area contributed by atoms with Crippen LogP contribution in [0.4, 0.5) is 10.5 Å². The number of likely N-dealkylation sites (N-methyl/N-ethyl adjacent to an activating group) is 1. The minimum atomic E-state index is -0.756. The average molecular weight is 432 g/mol. The number of hydrogen-bond donors (Lipinski definition) is 0. The molecule has 2 unspecified atom stereocenters. The highest BCUT2D eigenvalue weighted by atomic mass is 35.5. The van der Waals surface area contributed by atoms with Gasteiger partial charge < -0.3 is 9.64 Å². The second-order valence-corrected chi connectivity index (χ2v) is 7.90. The van der Waals surface area contributed by atoms with Crippen LogP contribution in [0, 0.1) is 6.92 Å². The van der Waals surface area contributed by atoms with Gasteiger partial charge in [0.1, 0.15) is 6.54 Å². The van der Waals surface area contributed by atoms with Crippen molar-refractivity contribution < 1.29 is 19.1 Å². The van der Waals surface area contributed by atoms with Gasteiger partial charge in [0.15, 0.2) is 12.2 Å². The highest BCUT2D eigenvalue weighted by Gasteiger charge is 2.56. The van der Waals surface area contributed by atoms with Gasteiger partial charge >= 0.3 is 12.0 Å². The molecule has 1 fully saturated rings. The fourth-order valence-corrected chi connectivity index (χ4v) is 4.16. The molecule has 0 N–H and O–H groups in total. The molecule has 2 atom stereocenters. The lowest BCUT2D eigenvalue weighted by atomic mass is 10.1. The van der Waals surface area contributed by atoms with E-state index in [1.165, 1.54) is 12.0 Å². The fraction of sp³-hybridized carbons (Fsp3) is 0.400. The minimum absolute atomic E-state index is 0.441. The van der Waals surface area contributed by atoms with Gasteiger partial charge in [0.2, 0.25) is 5.96 Å². The van der Waals surface area contributed by atoms with Crippen LogP contribution < -0.4 is 4.90 Å². The van der Waals surface area contributed by atoms with E-state index >= 15 is 0 Å². The van der Waals surface area contributed by atoms with Crippen molar-refractivity contribution in [2.75, 3.05) is 25.6 Å². The minimum Gasteiger partial charge on any atom is -0.468 e. The molecule has 0 spiro atoms. The molecule has 0 radical (unpaired) electrons. The van der Waals surface area contributed by atoms with Gasteiger partial charge in [-0.3, -0.25) is 24.3 Å². The molecule has 4 rings (SSSR count). The molecule has 30 heavy (non-hydrogen) atoms. The van der Waals surface area contributed by atoms with Crippen molar-refractivity contribution in [1.29, 1.82) is 0 Å². The maximum Gasteiger partial charge on any atom is 0.328 e. The van der Waals surface area contributed by atoms with E-state index in [0.29, 0.717) is 11.0 Å². The molecule has 0 aliphatic carbocycles. The molecule has 3 aliphatic heterocycles. The third-order valence-corrected chi connectivity index (χ3v) is 6.23. The number of carbonyl (C=O) groups is 3. The molecule has 3 aliphatic rings. The van der Waals surface area contributed by atoms with Gasteiger partial charge in [0.25, 0.3) is 5.91 Å². The number of hydrogen-bond acceptors (Lipinski definition) is 7. The first-order chi connectivity index (χ1) is 14.2. The van der Waals surface area contributed by atoms with Crippen molar-refractivity contribution in [1.82, 2.24) is 14.7 Å². The Morgan fingerprint density at radius 1 is 1.20 bits per heavy atom.